The molecule has 4 rings (SSSR count). The van der Waals surface area contributed by atoms with Gasteiger partial charge in [0.1, 0.15) is 17.3 Å². The standard InChI is InChI=1S/C25H18Cl3NO5/c1-2-34-20-9-14(5-8-19(20)28)23(31)21-22(13-3-6-18(30)7-4-13)29(25(33)24(21)32)17-11-15(26)10-16(27)12-17/h3-12,22,30-31H,2H2,1H3/b23-21+. The van der Waals surface area contributed by atoms with Crippen molar-refractivity contribution in [1.82, 2.24) is 0 Å². The summed E-state index contributed by atoms with van der Waals surface area (Å²) in [6.07, 6.45) is 0. The van der Waals surface area contributed by atoms with E-state index in [2.05, 4.69) is 0 Å². The maximum absolute atomic E-state index is 13.2. The van der Waals surface area contributed by atoms with Gasteiger partial charge in [0.25, 0.3) is 11.7 Å². The van der Waals surface area contributed by atoms with E-state index in [-0.39, 0.29) is 32.6 Å². The second-order valence-electron chi connectivity index (χ2n) is 7.47. The minimum absolute atomic E-state index is 0.00515. The van der Waals surface area contributed by atoms with Crippen molar-refractivity contribution in [3.63, 3.8) is 0 Å². The molecular weight excluding hydrogens is 501 g/mol. The first-order valence-corrected chi connectivity index (χ1v) is 11.3. The molecule has 3 aromatic rings. The second kappa shape index (κ2) is 9.58. The van der Waals surface area contributed by atoms with Crippen LogP contribution in [-0.2, 0) is 9.59 Å². The van der Waals surface area contributed by atoms with Gasteiger partial charge in [0, 0.05) is 21.3 Å². The third-order valence-electron chi connectivity index (χ3n) is 5.28. The molecule has 1 amide bonds. The summed E-state index contributed by atoms with van der Waals surface area (Å²) >= 11 is 18.5. The molecule has 9 heteroatoms. The number of ether oxygens (including phenoxy) is 1. The first kappa shape index (κ1) is 24.0. The molecule has 1 heterocycles. The number of phenolic OH excluding ortho intramolecular Hbond substituents is 1. The summed E-state index contributed by atoms with van der Waals surface area (Å²) in [7, 11) is 0. The normalized spacial score (nSPS) is 17.3. The minimum Gasteiger partial charge on any atom is -0.508 e. The fourth-order valence-electron chi connectivity index (χ4n) is 3.82. The lowest BCUT2D eigenvalue weighted by atomic mass is 9.95. The van der Waals surface area contributed by atoms with Gasteiger partial charge >= 0.3 is 0 Å². The number of carbonyl (C=O) groups is 2. The number of nitrogens with zero attached hydrogens (tertiary/aromatic N) is 1. The van der Waals surface area contributed by atoms with Crippen molar-refractivity contribution < 1.29 is 24.5 Å². The van der Waals surface area contributed by atoms with E-state index in [1.54, 1.807) is 19.1 Å². The number of amides is 1. The third-order valence-corrected chi connectivity index (χ3v) is 6.03. The van der Waals surface area contributed by atoms with E-state index in [9.17, 15) is 19.8 Å². The Morgan fingerprint density at radius 1 is 0.971 bits per heavy atom. The molecule has 0 saturated carbocycles. The minimum atomic E-state index is -1.01. The fourth-order valence-corrected chi connectivity index (χ4v) is 4.51. The maximum atomic E-state index is 13.2. The number of phenols is 1. The second-order valence-corrected chi connectivity index (χ2v) is 8.75. The number of aliphatic hydroxyl groups excluding tert-OH is 1. The average molecular weight is 519 g/mol. The number of aromatic hydroxyl groups is 1. The van der Waals surface area contributed by atoms with E-state index in [4.69, 9.17) is 39.5 Å². The molecule has 1 aliphatic heterocycles. The number of hydrogen-bond donors (Lipinski definition) is 2. The van der Waals surface area contributed by atoms with Gasteiger partial charge in [0.05, 0.1) is 23.2 Å². The summed E-state index contributed by atoms with van der Waals surface area (Å²) in [5.41, 5.74) is 0.867. The van der Waals surface area contributed by atoms with Gasteiger partial charge in [-0.2, -0.15) is 0 Å². The molecule has 1 saturated heterocycles. The summed E-state index contributed by atoms with van der Waals surface area (Å²) in [6.45, 7) is 2.13. The molecule has 0 aromatic heterocycles. The topological polar surface area (TPSA) is 87.1 Å². The Hall–Kier alpha value is -3.19. The van der Waals surface area contributed by atoms with Crippen LogP contribution in [0.5, 0.6) is 11.5 Å². The first-order chi connectivity index (χ1) is 16.2. The van der Waals surface area contributed by atoms with Gasteiger partial charge in [-0.15, -0.1) is 0 Å². The molecule has 0 bridgehead atoms. The van der Waals surface area contributed by atoms with Gasteiger partial charge in [-0.25, -0.2) is 0 Å². The Bertz CT molecular complexity index is 1300. The number of Topliss-reactive ketones (excluding diaryl/α,β-unsaturated/α-hetero) is 1. The van der Waals surface area contributed by atoms with Crippen molar-refractivity contribution in [2.24, 2.45) is 0 Å². The Morgan fingerprint density at radius 2 is 1.62 bits per heavy atom. The summed E-state index contributed by atoms with van der Waals surface area (Å²) in [6, 6.07) is 14.0. The molecule has 0 radical (unpaired) electrons. The van der Waals surface area contributed by atoms with Crippen LogP contribution in [0.1, 0.15) is 24.1 Å². The fraction of sp³-hybridized carbons (Fsp3) is 0.120. The highest BCUT2D eigenvalue weighted by Crippen LogP contribution is 2.44. The van der Waals surface area contributed by atoms with Crippen LogP contribution in [-0.4, -0.2) is 28.5 Å². The molecule has 2 N–H and O–H groups in total. The van der Waals surface area contributed by atoms with Gasteiger partial charge in [-0.05, 0) is 61.0 Å². The molecule has 1 unspecified atom stereocenters. The lowest BCUT2D eigenvalue weighted by Gasteiger charge is -2.26. The van der Waals surface area contributed by atoms with Crippen molar-refractivity contribution in [3.8, 4) is 11.5 Å². The molecule has 0 spiro atoms. The van der Waals surface area contributed by atoms with Gasteiger partial charge in [-0.1, -0.05) is 46.9 Å². The van der Waals surface area contributed by atoms with Crippen molar-refractivity contribution >= 4 is 57.9 Å². The molecule has 1 aliphatic rings. The smallest absolute Gasteiger partial charge is 0.300 e. The lowest BCUT2D eigenvalue weighted by Crippen LogP contribution is -2.29. The Balaban J connectivity index is 1.95. The Morgan fingerprint density at radius 3 is 2.24 bits per heavy atom. The maximum Gasteiger partial charge on any atom is 0.300 e. The number of anilines is 1. The van der Waals surface area contributed by atoms with E-state index in [0.717, 1.165) is 0 Å². The van der Waals surface area contributed by atoms with Gasteiger partial charge in [0.15, 0.2) is 0 Å². The van der Waals surface area contributed by atoms with Crippen LogP contribution in [0, 0.1) is 0 Å². The van der Waals surface area contributed by atoms with Gasteiger partial charge in [0.2, 0.25) is 0 Å². The molecule has 174 valence electrons. The van der Waals surface area contributed by atoms with Crippen LogP contribution in [0.25, 0.3) is 5.76 Å². The monoisotopic (exact) mass is 517 g/mol. The molecule has 1 atom stereocenters. The Labute approximate surface area is 210 Å². The molecule has 34 heavy (non-hydrogen) atoms. The van der Waals surface area contributed by atoms with E-state index in [1.165, 1.54) is 53.4 Å². The molecule has 1 fully saturated rings. The van der Waals surface area contributed by atoms with Crippen molar-refractivity contribution in [3.05, 3.63) is 92.4 Å². The molecule has 0 aliphatic carbocycles. The number of rotatable bonds is 5. The first-order valence-electron chi connectivity index (χ1n) is 10.2. The zero-order valence-corrected chi connectivity index (χ0v) is 20.0. The number of halogens is 3. The highest BCUT2D eigenvalue weighted by Gasteiger charge is 2.47. The molecular formula is C25H18Cl3NO5. The van der Waals surface area contributed by atoms with E-state index >= 15 is 0 Å². The molecule has 6 nitrogen and oxygen atoms in total. The van der Waals surface area contributed by atoms with E-state index in [0.29, 0.717) is 22.9 Å². The Kier molecular flexibility index (Phi) is 6.75. The summed E-state index contributed by atoms with van der Waals surface area (Å²) < 4.78 is 5.49. The summed E-state index contributed by atoms with van der Waals surface area (Å²) in [4.78, 5) is 27.6. The van der Waals surface area contributed by atoms with Crippen LogP contribution in [0.3, 0.4) is 0 Å². The van der Waals surface area contributed by atoms with Crippen molar-refractivity contribution in [2.75, 3.05) is 11.5 Å². The van der Waals surface area contributed by atoms with Crippen LogP contribution >= 0.6 is 34.8 Å². The van der Waals surface area contributed by atoms with Crippen LogP contribution < -0.4 is 9.64 Å². The lowest BCUT2D eigenvalue weighted by molar-refractivity contribution is -0.132. The van der Waals surface area contributed by atoms with Gasteiger partial charge in [-0.3, -0.25) is 14.5 Å². The van der Waals surface area contributed by atoms with Crippen LogP contribution in [0.4, 0.5) is 5.69 Å². The number of aliphatic hydroxyl groups is 1. The van der Waals surface area contributed by atoms with Gasteiger partial charge < -0.3 is 14.9 Å². The van der Waals surface area contributed by atoms with Crippen LogP contribution in [0.2, 0.25) is 15.1 Å². The zero-order chi connectivity index (χ0) is 24.6. The quantitative estimate of drug-likeness (QED) is 0.233. The summed E-state index contributed by atoms with van der Waals surface area (Å²) in [5, 5.41) is 21.9. The predicted octanol–water partition coefficient (Wildman–Crippen LogP) is 6.38. The zero-order valence-electron chi connectivity index (χ0n) is 17.8. The van der Waals surface area contributed by atoms with Crippen molar-refractivity contribution in [2.45, 2.75) is 13.0 Å². The number of benzene rings is 3. The highest BCUT2D eigenvalue weighted by molar-refractivity contribution is 6.52. The average Bonchev–Trinajstić information content (AvgIpc) is 3.05. The highest BCUT2D eigenvalue weighted by atomic mass is 35.5. The molecule has 3 aromatic carbocycles. The van der Waals surface area contributed by atoms with E-state index < -0.39 is 23.5 Å². The number of ketones is 1. The summed E-state index contributed by atoms with van der Waals surface area (Å²) in [5.74, 6) is -1.82. The predicted molar refractivity (Wildman–Crippen MR) is 132 cm³/mol. The van der Waals surface area contributed by atoms with E-state index in [1.807, 2.05) is 0 Å². The number of hydrogen-bond acceptors (Lipinski definition) is 5. The third kappa shape index (κ3) is 4.44. The van der Waals surface area contributed by atoms with Crippen LogP contribution in [0.15, 0.2) is 66.2 Å². The SMILES string of the molecule is CCOc1cc(/C(O)=C2\C(=O)C(=O)N(c3cc(Cl)cc(Cl)c3)C2c2ccc(O)cc2)ccc1Cl. The number of carbonyl (C=O) groups excluding carboxylic acids is 2. The van der Waals surface area contributed by atoms with Crippen molar-refractivity contribution in [1.29, 1.82) is 0 Å². The largest absolute Gasteiger partial charge is 0.508 e.